The van der Waals surface area contributed by atoms with Crippen molar-refractivity contribution >= 4 is 5.96 Å². The maximum atomic E-state index is 4.53. The third-order valence-electron chi connectivity index (χ3n) is 5.63. The van der Waals surface area contributed by atoms with Crippen molar-refractivity contribution in [2.24, 2.45) is 10.9 Å². The maximum Gasteiger partial charge on any atom is 0.193 e. The van der Waals surface area contributed by atoms with Gasteiger partial charge in [0.25, 0.3) is 0 Å². The van der Waals surface area contributed by atoms with Crippen molar-refractivity contribution < 1.29 is 0 Å². The monoisotopic (exact) mass is 333 g/mol. The van der Waals surface area contributed by atoms with Crippen LogP contribution in [-0.4, -0.2) is 37.5 Å². The van der Waals surface area contributed by atoms with Crippen LogP contribution < -0.4 is 5.32 Å². The Morgan fingerprint density at radius 3 is 2.72 bits per heavy atom. The Labute approximate surface area is 150 Å². The van der Waals surface area contributed by atoms with Gasteiger partial charge in [0.2, 0.25) is 0 Å². The number of likely N-dealkylation sites (tertiary alicyclic amines) is 1. The highest BCUT2D eigenvalue weighted by Gasteiger charge is 2.28. The van der Waals surface area contributed by atoms with E-state index in [0.717, 1.165) is 31.5 Å². The van der Waals surface area contributed by atoms with E-state index in [1.807, 2.05) is 7.05 Å². The lowest BCUT2D eigenvalue weighted by molar-refractivity contribution is 0.453. The summed E-state index contributed by atoms with van der Waals surface area (Å²) in [7, 11) is 1.90. The molecule has 1 fully saturated rings. The van der Waals surface area contributed by atoms with E-state index in [4.69, 9.17) is 0 Å². The average Bonchev–Trinajstić information content (AvgIpc) is 3.08. The third kappa shape index (κ3) is 3.55. The number of guanidine groups is 1. The average molecular weight is 333 g/mol. The van der Waals surface area contributed by atoms with Crippen LogP contribution in [0.15, 0.2) is 59.6 Å². The van der Waals surface area contributed by atoms with Gasteiger partial charge in [0.05, 0.1) is 0 Å². The zero-order chi connectivity index (χ0) is 17.1. The molecule has 2 atom stereocenters. The second kappa shape index (κ2) is 7.30. The van der Waals surface area contributed by atoms with Crippen LogP contribution in [0.4, 0.5) is 0 Å². The Kier molecular flexibility index (Phi) is 4.73. The van der Waals surface area contributed by atoms with Crippen LogP contribution in [-0.2, 0) is 12.8 Å². The summed E-state index contributed by atoms with van der Waals surface area (Å²) in [5, 5.41) is 3.61. The van der Waals surface area contributed by atoms with Crippen molar-refractivity contribution in [3.8, 4) is 0 Å². The van der Waals surface area contributed by atoms with E-state index in [-0.39, 0.29) is 0 Å². The first-order chi connectivity index (χ1) is 12.3. The van der Waals surface area contributed by atoms with Crippen LogP contribution >= 0.6 is 0 Å². The molecule has 0 saturated carbocycles. The number of benzene rings is 2. The Balaban J connectivity index is 1.29. The summed E-state index contributed by atoms with van der Waals surface area (Å²) in [4.78, 5) is 6.96. The fraction of sp³-hybridized carbons (Fsp3) is 0.409. The molecule has 1 saturated heterocycles. The largest absolute Gasteiger partial charge is 0.356 e. The van der Waals surface area contributed by atoms with Gasteiger partial charge in [0.15, 0.2) is 5.96 Å². The van der Waals surface area contributed by atoms with Crippen molar-refractivity contribution in [2.75, 3.05) is 26.7 Å². The van der Waals surface area contributed by atoms with Gasteiger partial charge >= 0.3 is 0 Å². The molecule has 1 aliphatic heterocycles. The molecule has 0 amide bonds. The van der Waals surface area contributed by atoms with E-state index in [2.05, 4.69) is 69.8 Å². The van der Waals surface area contributed by atoms with Crippen LogP contribution in [0.2, 0.25) is 0 Å². The summed E-state index contributed by atoms with van der Waals surface area (Å²) < 4.78 is 0. The molecule has 3 nitrogen and oxygen atoms in total. The van der Waals surface area contributed by atoms with E-state index < -0.39 is 0 Å². The zero-order valence-corrected chi connectivity index (χ0v) is 15.0. The molecule has 0 spiro atoms. The lowest BCUT2D eigenvalue weighted by Gasteiger charge is -2.32. The van der Waals surface area contributed by atoms with Gasteiger partial charge in [-0.1, -0.05) is 54.6 Å². The van der Waals surface area contributed by atoms with Crippen molar-refractivity contribution in [3.05, 3.63) is 71.3 Å². The van der Waals surface area contributed by atoms with Gasteiger partial charge < -0.3 is 10.2 Å². The number of aliphatic imine (C=N–C) groups is 1. The normalized spacial score (nSPS) is 22.4. The van der Waals surface area contributed by atoms with E-state index in [0.29, 0.717) is 5.92 Å². The standard InChI is InChI=1S/C22H27N3/c1-23-22(24-15-20-14-19-9-5-6-10-21(19)20)25-12-11-18(16-25)13-17-7-3-2-4-8-17/h2-10,18,20H,11-16H2,1H3,(H,23,24). The molecule has 3 heteroatoms. The molecule has 2 aromatic carbocycles. The highest BCUT2D eigenvalue weighted by atomic mass is 15.3. The lowest BCUT2D eigenvalue weighted by atomic mass is 9.78. The van der Waals surface area contributed by atoms with E-state index in [1.54, 1.807) is 0 Å². The molecule has 130 valence electrons. The van der Waals surface area contributed by atoms with E-state index in [1.165, 1.54) is 36.0 Å². The van der Waals surface area contributed by atoms with Crippen LogP contribution in [0.25, 0.3) is 0 Å². The first kappa shape index (κ1) is 16.2. The predicted molar refractivity (Wildman–Crippen MR) is 104 cm³/mol. The van der Waals surface area contributed by atoms with Gasteiger partial charge in [-0.25, -0.2) is 0 Å². The number of hydrogen-bond donors (Lipinski definition) is 1. The number of rotatable bonds is 4. The highest BCUT2D eigenvalue weighted by molar-refractivity contribution is 5.80. The van der Waals surface area contributed by atoms with E-state index >= 15 is 0 Å². The Hall–Kier alpha value is -2.29. The minimum absolute atomic E-state index is 0.635. The molecule has 2 aliphatic rings. The van der Waals surface area contributed by atoms with Gasteiger partial charge in [0, 0.05) is 32.6 Å². The van der Waals surface area contributed by atoms with Gasteiger partial charge in [-0.05, 0) is 41.9 Å². The number of fused-ring (bicyclic) bond motifs is 1. The van der Waals surface area contributed by atoms with Gasteiger partial charge in [-0.15, -0.1) is 0 Å². The minimum atomic E-state index is 0.635. The summed E-state index contributed by atoms with van der Waals surface area (Å²) in [5.74, 6) is 2.43. The molecule has 2 unspecified atom stereocenters. The van der Waals surface area contributed by atoms with Crippen molar-refractivity contribution in [1.29, 1.82) is 0 Å². The smallest absolute Gasteiger partial charge is 0.193 e. The molecule has 25 heavy (non-hydrogen) atoms. The molecule has 1 heterocycles. The van der Waals surface area contributed by atoms with Crippen molar-refractivity contribution in [1.82, 2.24) is 10.2 Å². The first-order valence-corrected chi connectivity index (χ1v) is 9.41. The van der Waals surface area contributed by atoms with Crippen molar-refractivity contribution in [2.45, 2.75) is 25.2 Å². The molecule has 4 rings (SSSR count). The molecule has 1 aliphatic carbocycles. The molecular formula is C22H27N3. The second-order valence-electron chi connectivity index (χ2n) is 7.32. The summed E-state index contributed by atoms with van der Waals surface area (Å²) >= 11 is 0. The van der Waals surface area contributed by atoms with Crippen LogP contribution in [0.1, 0.15) is 29.0 Å². The SMILES string of the molecule is CN=C(NCC1Cc2ccccc21)N1CCC(Cc2ccccc2)C1. The van der Waals surface area contributed by atoms with Gasteiger partial charge in [-0.2, -0.15) is 0 Å². The van der Waals surface area contributed by atoms with Crippen molar-refractivity contribution in [3.63, 3.8) is 0 Å². The summed E-state index contributed by atoms with van der Waals surface area (Å²) in [6, 6.07) is 19.6. The molecule has 0 bridgehead atoms. The summed E-state index contributed by atoms with van der Waals surface area (Å²) in [6.45, 7) is 3.21. The molecule has 2 aromatic rings. The first-order valence-electron chi connectivity index (χ1n) is 9.41. The Morgan fingerprint density at radius 2 is 1.92 bits per heavy atom. The fourth-order valence-corrected chi connectivity index (χ4v) is 4.23. The molecular weight excluding hydrogens is 306 g/mol. The van der Waals surface area contributed by atoms with Gasteiger partial charge in [-0.3, -0.25) is 4.99 Å². The quantitative estimate of drug-likeness (QED) is 0.685. The van der Waals surface area contributed by atoms with Gasteiger partial charge in [0.1, 0.15) is 0 Å². The topological polar surface area (TPSA) is 27.6 Å². The van der Waals surface area contributed by atoms with Crippen LogP contribution in [0.5, 0.6) is 0 Å². The molecule has 0 aromatic heterocycles. The summed E-state index contributed by atoms with van der Waals surface area (Å²) in [6.07, 6.45) is 3.61. The number of nitrogens with one attached hydrogen (secondary N) is 1. The van der Waals surface area contributed by atoms with Crippen LogP contribution in [0, 0.1) is 5.92 Å². The second-order valence-corrected chi connectivity index (χ2v) is 7.32. The van der Waals surface area contributed by atoms with Crippen LogP contribution in [0.3, 0.4) is 0 Å². The minimum Gasteiger partial charge on any atom is -0.356 e. The number of hydrogen-bond acceptors (Lipinski definition) is 1. The Morgan fingerprint density at radius 1 is 1.12 bits per heavy atom. The Bertz CT molecular complexity index is 738. The highest BCUT2D eigenvalue weighted by Crippen LogP contribution is 2.34. The fourth-order valence-electron chi connectivity index (χ4n) is 4.23. The maximum absolute atomic E-state index is 4.53. The summed E-state index contributed by atoms with van der Waals surface area (Å²) in [5.41, 5.74) is 4.46. The molecule has 0 radical (unpaired) electrons. The third-order valence-corrected chi connectivity index (χ3v) is 5.63. The zero-order valence-electron chi connectivity index (χ0n) is 15.0. The predicted octanol–water partition coefficient (Wildman–Crippen LogP) is 3.47. The molecule has 1 N–H and O–H groups in total. The number of nitrogens with zero attached hydrogens (tertiary/aromatic N) is 2. The van der Waals surface area contributed by atoms with E-state index in [9.17, 15) is 0 Å². The lowest BCUT2D eigenvalue weighted by Crippen LogP contribution is -2.43.